The van der Waals surface area contributed by atoms with E-state index in [1.807, 2.05) is 0 Å². The number of nitrogens with one attached hydrogen (secondary N) is 1. The molecule has 1 aliphatic heterocycles. The van der Waals surface area contributed by atoms with Crippen molar-refractivity contribution in [3.8, 4) is 0 Å². The van der Waals surface area contributed by atoms with Crippen LogP contribution in [0.15, 0.2) is 24.3 Å². The lowest BCUT2D eigenvalue weighted by atomic mass is 9.94. The summed E-state index contributed by atoms with van der Waals surface area (Å²) in [5.41, 5.74) is 2.44. The summed E-state index contributed by atoms with van der Waals surface area (Å²) in [7, 11) is 1.74. The molecular weight excluding hydrogens is 288 g/mol. The van der Waals surface area contributed by atoms with E-state index in [9.17, 15) is 4.79 Å². The standard InChI is InChI=1S/C19H28N2O2/c1-15-4-3-5-17(14-15)19(8-9-19)20-18(22)16-6-10-21(11-7-16)12-13-23-2/h3-5,14,16H,6-13H2,1-2H3,(H,20,22). The summed E-state index contributed by atoms with van der Waals surface area (Å²) in [5, 5.41) is 3.36. The van der Waals surface area contributed by atoms with Gasteiger partial charge < -0.3 is 15.0 Å². The molecule has 1 aromatic carbocycles. The highest BCUT2D eigenvalue weighted by Gasteiger charge is 2.46. The second kappa shape index (κ2) is 7.02. The van der Waals surface area contributed by atoms with Gasteiger partial charge >= 0.3 is 0 Å². The third-order valence-corrected chi connectivity index (χ3v) is 5.25. The summed E-state index contributed by atoms with van der Waals surface area (Å²) in [6.45, 7) is 5.85. The Labute approximate surface area is 139 Å². The lowest BCUT2D eigenvalue weighted by molar-refractivity contribution is -0.127. The molecule has 1 aromatic rings. The van der Waals surface area contributed by atoms with Gasteiger partial charge in [-0.2, -0.15) is 0 Å². The quantitative estimate of drug-likeness (QED) is 0.876. The highest BCUT2D eigenvalue weighted by molar-refractivity contribution is 5.80. The predicted molar refractivity (Wildman–Crippen MR) is 91.3 cm³/mol. The average Bonchev–Trinajstić information content (AvgIpc) is 3.34. The third kappa shape index (κ3) is 3.93. The number of aryl methyl sites for hydroxylation is 1. The second-order valence-electron chi connectivity index (χ2n) is 7.05. The van der Waals surface area contributed by atoms with Crippen molar-refractivity contribution in [1.29, 1.82) is 0 Å². The maximum atomic E-state index is 12.7. The van der Waals surface area contributed by atoms with Crippen LogP contribution in [0.5, 0.6) is 0 Å². The first-order valence-corrected chi connectivity index (χ1v) is 8.73. The Hall–Kier alpha value is -1.39. The number of likely N-dealkylation sites (tertiary alicyclic amines) is 1. The Morgan fingerprint density at radius 2 is 2.09 bits per heavy atom. The van der Waals surface area contributed by atoms with Crippen molar-refractivity contribution < 1.29 is 9.53 Å². The molecule has 0 unspecified atom stereocenters. The van der Waals surface area contributed by atoms with E-state index in [1.165, 1.54) is 11.1 Å². The zero-order valence-electron chi connectivity index (χ0n) is 14.3. The maximum Gasteiger partial charge on any atom is 0.223 e. The van der Waals surface area contributed by atoms with Gasteiger partial charge in [0.2, 0.25) is 5.91 Å². The number of rotatable bonds is 6. The molecule has 126 valence electrons. The summed E-state index contributed by atoms with van der Waals surface area (Å²) in [6.07, 6.45) is 4.04. The molecule has 1 amide bonds. The van der Waals surface area contributed by atoms with Crippen LogP contribution in [0.3, 0.4) is 0 Å². The fourth-order valence-corrected chi connectivity index (χ4v) is 3.53. The molecule has 2 aliphatic rings. The van der Waals surface area contributed by atoms with Gasteiger partial charge in [0.05, 0.1) is 12.1 Å². The number of nitrogens with zero attached hydrogens (tertiary/aromatic N) is 1. The Bertz CT molecular complexity index is 546. The Kier molecular flexibility index (Phi) is 5.02. The molecule has 4 nitrogen and oxygen atoms in total. The number of carbonyl (C=O) groups excluding carboxylic acids is 1. The SMILES string of the molecule is COCCN1CCC(C(=O)NC2(c3cccc(C)c3)CC2)CC1. The van der Waals surface area contributed by atoms with Gasteiger partial charge in [-0.1, -0.05) is 29.8 Å². The van der Waals surface area contributed by atoms with Gasteiger partial charge in [-0.25, -0.2) is 0 Å². The minimum atomic E-state index is -0.0870. The zero-order chi connectivity index (χ0) is 16.3. The molecule has 1 saturated heterocycles. The van der Waals surface area contributed by atoms with Crippen molar-refractivity contribution in [3.63, 3.8) is 0 Å². The molecule has 0 bridgehead atoms. The molecular formula is C19H28N2O2. The van der Waals surface area contributed by atoms with Gasteiger partial charge in [0.1, 0.15) is 0 Å². The smallest absolute Gasteiger partial charge is 0.223 e. The first-order valence-electron chi connectivity index (χ1n) is 8.73. The third-order valence-electron chi connectivity index (χ3n) is 5.25. The fraction of sp³-hybridized carbons (Fsp3) is 0.632. The summed E-state index contributed by atoms with van der Waals surface area (Å²) >= 11 is 0. The van der Waals surface area contributed by atoms with Crippen LogP contribution in [-0.2, 0) is 15.1 Å². The van der Waals surface area contributed by atoms with Crippen LogP contribution < -0.4 is 5.32 Å². The second-order valence-corrected chi connectivity index (χ2v) is 7.05. The number of hydrogen-bond donors (Lipinski definition) is 1. The lowest BCUT2D eigenvalue weighted by Crippen LogP contribution is -2.44. The fourth-order valence-electron chi connectivity index (χ4n) is 3.53. The molecule has 23 heavy (non-hydrogen) atoms. The average molecular weight is 316 g/mol. The van der Waals surface area contributed by atoms with E-state index < -0.39 is 0 Å². The highest BCUT2D eigenvalue weighted by atomic mass is 16.5. The first kappa shape index (κ1) is 16.5. The number of hydrogen-bond acceptors (Lipinski definition) is 3. The van der Waals surface area contributed by atoms with Gasteiger partial charge in [0.15, 0.2) is 0 Å². The molecule has 0 aromatic heterocycles. The van der Waals surface area contributed by atoms with Crippen molar-refractivity contribution in [2.24, 2.45) is 5.92 Å². The van der Waals surface area contributed by atoms with Crippen molar-refractivity contribution in [2.75, 3.05) is 33.4 Å². The molecule has 3 rings (SSSR count). The van der Waals surface area contributed by atoms with Crippen LogP contribution in [0, 0.1) is 12.8 Å². The van der Waals surface area contributed by atoms with E-state index >= 15 is 0 Å². The van der Waals surface area contributed by atoms with E-state index in [0.717, 1.165) is 51.9 Å². The van der Waals surface area contributed by atoms with E-state index in [2.05, 4.69) is 41.4 Å². The van der Waals surface area contributed by atoms with Crippen molar-refractivity contribution in [2.45, 2.75) is 38.1 Å². The Balaban J connectivity index is 1.54. The molecule has 4 heteroatoms. The number of piperidine rings is 1. The molecule has 1 heterocycles. The summed E-state index contributed by atoms with van der Waals surface area (Å²) in [6, 6.07) is 8.55. The number of amides is 1. The van der Waals surface area contributed by atoms with Crippen LogP contribution in [0.2, 0.25) is 0 Å². The number of carbonyl (C=O) groups is 1. The van der Waals surface area contributed by atoms with Gasteiger partial charge in [0, 0.05) is 19.6 Å². The summed E-state index contributed by atoms with van der Waals surface area (Å²) in [4.78, 5) is 15.1. The summed E-state index contributed by atoms with van der Waals surface area (Å²) in [5.74, 6) is 0.409. The predicted octanol–water partition coefficient (Wildman–Crippen LogP) is 2.46. The Morgan fingerprint density at radius 3 is 2.70 bits per heavy atom. The first-order chi connectivity index (χ1) is 11.1. The molecule has 1 aliphatic carbocycles. The van der Waals surface area contributed by atoms with E-state index in [4.69, 9.17) is 4.74 Å². The van der Waals surface area contributed by atoms with Crippen LogP contribution >= 0.6 is 0 Å². The lowest BCUT2D eigenvalue weighted by Gasteiger charge is -2.32. The number of methoxy groups -OCH3 is 1. The topological polar surface area (TPSA) is 41.6 Å². The number of ether oxygens (including phenoxy) is 1. The molecule has 1 N–H and O–H groups in total. The van der Waals surface area contributed by atoms with Gasteiger partial charge in [-0.15, -0.1) is 0 Å². The van der Waals surface area contributed by atoms with E-state index in [0.29, 0.717) is 0 Å². The molecule has 0 radical (unpaired) electrons. The highest BCUT2D eigenvalue weighted by Crippen LogP contribution is 2.46. The van der Waals surface area contributed by atoms with E-state index in [-0.39, 0.29) is 17.4 Å². The van der Waals surface area contributed by atoms with Crippen molar-refractivity contribution in [3.05, 3.63) is 35.4 Å². The van der Waals surface area contributed by atoms with Crippen LogP contribution in [0.1, 0.15) is 36.8 Å². The van der Waals surface area contributed by atoms with Gasteiger partial charge in [0.25, 0.3) is 0 Å². The van der Waals surface area contributed by atoms with Crippen molar-refractivity contribution in [1.82, 2.24) is 10.2 Å². The summed E-state index contributed by atoms with van der Waals surface area (Å²) < 4.78 is 5.13. The molecule has 2 fully saturated rings. The minimum Gasteiger partial charge on any atom is -0.383 e. The van der Waals surface area contributed by atoms with Gasteiger partial charge in [-0.05, 0) is 51.3 Å². The largest absolute Gasteiger partial charge is 0.383 e. The van der Waals surface area contributed by atoms with Crippen molar-refractivity contribution >= 4 is 5.91 Å². The normalized spacial score (nSPS) is 21.1. The zero-order valence-corrected chi connectivity index (χ0v) is 14.3. The minimum absolute atomic E-state index is 0.0870. The molecule has 0 atom stereocenters. The molecule has 1 saturated carbocycles. The van der Waals surface area contributed by atoms with Crippen LogP contribution in [-0.4, -0.2) is 44.2 Å². The maximum absolute atomic E-state index is 12.7. The number of benzene rings is 1. The van der Waals surface area contributed by atoms with E-state index in [1.54, 1.807) is 7.11 Å². The Morgan fingerprint density at radius 1 is 1.35 bits per heavy atom. The van der Waals surface area contributed by atoms with Gasteiger partial charge in [-0.3, -0.25) is 4.79 Å². The molecule has 0 spiro atoms. The monoisotopic (exact) mass is 316 g/mol. The van der Waals surface area contributed by atoms with Crippen LogP contribution in [0.4, 0.5) is 0 Å². The van der Waals surface area contributed by atoms with Crippen LogP contribution in [0.25, 0.3) is 0 Å².